The lowest BCUT2D eigenvalue weighted by atomic mass is 9.95. The average Bonchev–Trinajstić information content (AvgIpc) is 3.33. The molecule has 4 rings (SSSR count). The fourth-order valence-electron chi connectivity index (χ4n) is 3.54. The molecular weight excluding hydrogens is 358 g/mol. The van der Waals surface area contributed by atoms with Crippen molar-refractivity contribution in [2.45, 2.75) is 32.3 Å². The maximum atomic E-state index is 12.6. The van der Waals surface area contributed by atoms with Crippen LogP contribution in [0.1, 0.15) is 31.3 Å². The fraction of sp³-hybridized carbons (Fsp3) is 0.429. The first-order valence-electron chi connectivity index (χ1n) is 9.60. The highest BCUT2D eigenvalue weighted by atomic mass is 16.4. The van der Waals surface area contributed by atoms with Gasteiger partial charge in [0, 0.05) is 19.0 Å². The van der Waals surface area contributed by atoms with Gasteiger partial charge in [-0.1, -0.05) is 12.1 Å². The molecule has 0 bridgehead atoms. The van der Waals surface area contributed by atoms with E-state index in [0.717, 1.165) is 16.9 Å². The van der Waals surface area contributed by atoms with Gasteiger partial charge in [0.25, 0.3) is 6.01 Å². The van der Waals surface area contributed by atoms with E-state index in [1.54, 1.807) is 19.1 Å². The van der Waals surface area contributed by atoms with Crippen molar-refractivity contribution in [3.05, 3.63) is 47.9 Å². The number of piperidine rings is 1. The normalized spacial score (nSPS) is 17.6. The van der Waals surface area contributed by atoms with Gasteiger partial charge >= 0.3 is 0 Å². The Bertz CT molecular complexity index is 934. The van der Waals surface area contributed by atoms with Gasteiger partial charge in [-0.25, -0.2) is 0 Å². The summed E-state index contributed by atoms with van der Waals surface area (Å²) in [5.74, 6) is 1.06. The number of aliphatic hydroxyl groups is 1. The molecule has 1 aliphatic heterocycles. The Morgan fingerprint density at radius 3 is 2.68 bits per heavy atom. The Kier molecular flexibility index (Phi) is 4.85. The SMILES string of the molecule is Cc1ccc(C(C)(O)CNC(=O)C2CCN(c3nc4ccccc4o3)CC2)o1. The molecule has 1 amide bonds. The standard InChI is InChI=1S/C21H25N3O4/c1-14-7-8-18(27-14)21(2,26)13-22-19(25)15-9-11-24(12-10-15)20-23-16-5-3-4-6-17(16)28-20/h3-8,15,26H,9-13H2,1-2H3,(H,22,25). The molecule has 1 aliphatic rings. The van der Waals surface area contributed by atoms with Crippen LogP contribution in [-0.2, 0) is 10.4 Å². The number of benzene rings is 1. The number of fused-ring (bicyclic) bond motifs is 1. The van der Waals surface area contributed by atoms with Crippen LogP contribution in [0.25, 0.3) is 11.1 Å². The minimum Gasteiger partial charge on any atom is -0.463 e. The lowest BCUT2D eigenvalue weighted by molar-refractivity contribution is -0.127. The first-order valence-corrected chi connectivity index (χ1v) is 9.60. The summed E-state index contributed by atoms with van der Waals surface area (Å²) in [6, 6.07) is 11.8. The molecule has 1 fully saturated rings. The van der Waals surface area contributed by atoms with Crippen LogP contribution < -0.4 is 10.2 Å². The molecule has 7 nitrogen and oxygen atoms in total. The number of oxazole rings is 1. The number of amides is 1. The summed E-state index contributed by atoms with van der Waals surface area (Å²) in [5, 5.41) is 13.4. The molecule has 1 saturated heterocycles. The highest BCUT2D eigenvalue weighted by Crippen LogP contribution is 2.27. The number of hydrogen-bond donors (Lipinski definition) is 2. The van der Waals surface area contributed by atoms with E-state index < -0.39 is 5.60 Å². The molecular formula is C21H25N3O4. The second-order valence-corrected chi connectivity index (χ2v) is 7.63. The van der Waals surface area contributed by atoms with Crippen molar-refractivity contribution in [1.82, 2.24) is 10.3 Å². The molecule has 148 valence electrons. The molecule has 0 spiro atoms. The third-order valence-electron chi connectivity index (χ3n) is 5.30. The van der Waals surface area contributed by atoms with Gasteiger partial charge in [0.1, 0.15) is 22.6 Å². The molecule has 3 heterocycles. The van der Waals surface area contributed by atoms with Crippen LogP contribution in [0.15, 0.2) is 45.2 Å². The van der Waals surface area contributed by atoms with E-state index in [1.807, 2.05) is 31.2 Å². The number of para-hydroxylation sites is 2. The highest BCUT2D eigenvalue weighted by Gasteiger charge is 2.31. The number of furan rings is 1. The van der Waals surface area contributed by atoms with E-state index in [0.29, 0.717) is 37.7 Å². The van der Waals surface area contributed by atoms with E-state index in [-0.39, 0.29) is 18.4 Å². The number of carbonyl (C=O) groups is 1. The van der Waals surface area contributed by atoms with Crippen molar-refractivity contribution in [2.24, 2.45) is 5.92 Å². The van der Waals surface area contributed by atoms with Crippen LogP contribution in [0.3, 0.4) is 0 Å². The summed E-state index contributed by atoms with van der Waals surface area (Å²) in [4.78, 5) is 19.2. The molecule has 0 radical (unpaired) electrons. The molecule has 2 N–H and O–H groups in total. The Hall–Kier alpha value is -2.80. The van der Waals surface area contributed by atoms with Crippen LogP contribution in [0.4, 0.5) is 6.01 Å². The number of aryl methyl sites for hydroxylation is 1. The molecule has 28 heavy (non-hydrogen) atoms. The second-order valence-electron chi connectivity index (χ2n) is 7.63. The minimum atomic E-state index is -1.23. The quantitative estimate of drug-likeness (QED) is 0.704. The summed E-state index contributed by atoms with van der Waals surface area (Å²) in [7, 11) is 0. The van der Waals surface area contributed by atoms with Crippen LogP contribution in [0, 0.1) is 12.8 Å². The van der Waals surface area contributed by atoms with Crippen LogP contribution >= 0.6 is 0 Å². The van der Waals surface area contributed by atoms with Gasteiger partial charge in [-0.2, -0.15) is 4.98 Å². The van der Waals surface area contributed by atoms with Crippen molar-refractivity contribution in [2.75, 3.05) is 24.5 Å². The van der Waals surface area contributed by atoms with Gasteiger partial charge in [-0.3, -0.25) is 4.79 Å². The summed E-state index contributed by atoms with van der Waals surface area (Å²) in [6.07, 6.45) is 1.43. The lowest BCUT2D eigenvalue weighted by Gasteiger charge is -2.31. The number of hydrogen-bond acceptors (Lipinski definition) is 6. The van der Waals surface area contributed by atoms with Crippen molar-refractivity contribution in [3.8, 4) is 0 Å². The van der Waals surface area contributed by atoms with Gasteiger partial charge in [0.2, 0.25) is 5.91 Å². The van der Waals surface area contributed by atoms with Crippen LogP contribution in [0.5, 0.6) is 0 Å². The molecule has 3 aromatic rings. The lowest BCUT2D eigenvalue weighted by Crippen LogP contribution is -2.44. The van der Waals surface area contributed by atoms with Gasteiger partial charge in [-0.15, -0.1) is 0 Å². The second kappa shape index (κ2) is 7.31. The molecule has 1 atom stereocenters. The van der Waals surface area contributed by atoms with E-state index in [4.69, 9.17) is 8.83 Å². The van der Waals surface area contributed by atoms with Crippen molar-refractivity contribution < 1.29 is 18.7 Å². The summed E-state index contributed by atoms with van der Waals surface area (Å²) >= 11 is 0. The Morgan fingerprint density at radius 1 is 1.25 bits per heavy atom. The van der Waals surface area contributed by atoms with E-state index in [9.17, 15) is 9.90 Å². The summed E-state index contributed by atoms with van der Waals surface area (Å²) in [5.41, 5.74) is 0.378. The zero-order valence-corrected chi connectivity index (χ0v) is 16.1. The molecule has 0 saturated carbocycles. The zero-order chi connectivity index (χ0) is 19.7. The Labute approximate surface area is 163 Å². The van der Waals surface area contributed by atoms with Crippen molar-refractivity contribution in [3.63, 3.8) is 0 Å². The van der Waals surface area contributed by atoms with E-state index in [1.165, 1.54) is 0 Å². The van der Waals surface area contributed by atoms with E-state index in [2.05, 4.69) is 15.2 Å². The van der Waals surface area contributed by atoms with Gasteiger partial charge in [-0.05, 0) is 51.0 Å². The zero-order valence-electron chi connectivity index (χ0n) is 16.1. The maximum Gasteiger partial charge on any atom is 0.298 e. The predicted octanol–water partition coefficient (Wildman–Crippen LogP) is 2.97. The van der Waals surface area contributed by atoms with Crippen LogP contribution in [-0.4, -0.2) is 35.6 Å². The Balaban J connectivity index is 1.31. The number of rotatable bonds is 5. The minimum absolute atomic E-state index is 0.0410. The number of anilines is 1. The van der Waals surface area contributed by atoms with Gasteiger partial charge in [0.15, 0.2) is 5.58 Å². The highest BCUT2D eigenvalue weighted by molar-refractivity contribution is 5.79. The smallest absolute Gasteiger partial charge is 0.298 e. The monoisotopic (exact) mass is 383 g/mol. The number of aromatic nitrogens is 1. The summed E-state index contributed by atoms with van der Waals surface area (Å²) in [6.45, 7) is 4.99. The van der Waals surface area contributed by atoms with Crippen molar-refractivity contribution in [1.29, 1.82) is 0 Å². The third-order valence-corrected chi connectivity index (χ3v) is 5.30. The third kappa shape index (κ3) is 3.75. The number of nitrogens with zero attached hydrogens (tertiary/aromatic N) is 2. The first-order chi connectivity index (χ1) is 13.4. The Morgan fingerprint density at radius 2 is 2.00 bits per heavy atom. The molecule has 2 aromatic heterocycles. The van der Waals surface area contributed by atoms with E-state index >= 15 is 0 Å². The molecule has 7 heteroatoms. The molecule has 1 aromatic carbocycles. The van der Waals surface area contributed by atoms with Crippen LogP contribution in [0.2, 0.25) is 0 Å². The summed E-state index contributed by atoms with van der Waals surface area (Å²) < 4.78 is 11.3. The van der Waals surface area contributed by atoms with Crippen molar-refractivity contribution >= 4 is 23.0 Å². The maximum absolute atomic E-state index is 12.6. The largest absolute Gasteiger partial charge is 0.463 e. The molecule has 0 aliphatic carbocycles. The number of carbonyl (C=O) groups excluding carboxylic acids is 1. The van der Waals surface area contributed by atoms with Gasteiger partial charge < -0.3 is 24.2 Å². The fourth-order valence-corrected chi connectivity index (χ4v) is 3.54. The van der Waals surface area contributed by atoms with Gasteiger partial charge in [0.05, 0.1) is 6.54 Å². The topological polar surface area (TPSA) is 91.7 Å². The molecule has 1 unspecified atom stereocenters. The average molecular weight is 383 g/mol. The number of nitrogens with one attached hydrogen (secondary N) is 1. The predicted molar refractivity (Wildman–Crippen MR) is 105 cm³/mol. The first kappa shape index (κ1) is 18.6.